The second kappa shape index (κ2) is 6.85. The van der Waals surface area contributed by atoms with E-state index in [-0.39, 0.29) is 5.91 Å². The van der Waals surface area contributed by atoms with Crippen LogP contribution < -0.4 is 16.4 Å². The van der Waals surface area contributed by atoms with Crippen molar-refractivity contribution in [3.63, 3.8) is 0 Å². The second-order valence-electron chi connectivity index (χ2n) is 3.55. The Morgan fingerprint density at radius 2 is 1.88 bits per heavy atom. The summed E-state index contributed by atoms with van der Waals surface area (Å²) in [7, 11) is 0. The minimum atomic E-state index is 0.0313. The summed E-state index contributed by atoms with van der Waals surface area (Å²) < 4.78 is 0. The largest absolute Gasteiger partial charge is 0.385 e. The molecule has 0 saturated carbocycles. The molecule has 1 rings (SSSR count). The maximum atomic E-state index is 11.1. The second-order valence-corrected chi connectivity index (χ2v) is 3.55. The van der Waals surface area contributed by atoms with Crippen LogP contribution in [0.25, 0.3) is 0 Å². The Labute approximate surface area is 96.2 Å². The van der Waals surface area contributed by atoms with Crippen molar-refractivity contribution < 1.29 is 4.79 Å². The fourth-order valence-corrected chi connectivity index (χ4v) is 1.26. The summed E-state index contributed by atoms with van der Waals surface area (Å²) in [6.45, 7) is 3.40. The third-order valence-electron chi connectivity index (χ3n) is 2.20. The maximum Gasteiger partial charge on any atom is 0.224 e. The molecular weight excluding hydrogens is 202 g/mol. The molecule has 0 aliphatic rings. The number of carbonyl (C=O) groups excluding carboxylic acids is 1. The Morgan fingerprint density at radius 1 is 1.25 bits per heavy atom. The fraction of sp³-hybridized carbons (Fsp3) is 0.417. The molecule has 0 unspecified atom stereocenters. The lowest BCUT2D eigenvalue weighted by atomic mass is 10.2. The van der Waals surface area contributed by atoms with Crippen molar-refractivity contribution >= 4 is 17.3 Å². The Hall–Kier alpha value is -1.55. The van der Waals surface area contributed by atoms with Gasteiger partial charge in [-0.25, -0.2) is 0 Å². The van der Waals surface area contributed by atoms with Crippen LogP contribution in [0.3, 0.4) is 0 Å². The van der Waals surface area contributed by atoms with Gasteiger partial charge >= 0.3 is 0 Å². The molecule has 4 nitrogen and oxygen atoms in total. The summed E-state index contributed by atoms with van der Waals surface area (Å²) >= 11 is 0. The Bertz CT molecular complexity index is 322. The molecule has 88 valence electrons. The summed E-state index contributed by atoms with van der Waals surface area (Å²) in [4.78, 5) is 11.1. The maximum absolute atomic E-state index is 11.1. The number of benzene rings is 1. The third kappa shape index (κ3) is 4.31. The molecule has 0 bridgehead atoms. The number of anilines is 2. The average Bonchev–Trinajstić information content (AvgIpc) is 2.31. The number of nitrogens with one attached hydrogen (secondary N) is 2. The highest BCUT2D eigenvalue weighted by Gasteiger charge is 1.98. The topological polar surface area (TPSA) is 67.2 Å². The van der Waals surface area contributed by atoms with Crippen molar-refractivity contribution in [1.29, 1.82) is 0 Å². The number of nitrogens with two attached hydrogens (primary N) is 1. The zero-order chi connectivity index (χ0) is 11.8. The molecule has 0 fully saturated rings. The highest BCUT2D eigenvalue weighted by Crippen LogP contribution is 2.13. The van der Waals surface area contributed by atoms with E-state index in [2.05, 4.69) is 10.6 Å². The molecule has 0 spiro atoms. The van der Waals surface area contributed by atoms with E-state index in [1.165, 1.54) is 0 Å². The van der Waals surface area contributed by atoms with E-state index in [0.717, 1.165) is 24.3 Å². The van der Waals surface area contributed by atoms with E-state index >= 15 is 0 Å². The number of hydrogen-bond donors (Lipinski definition) is 3. The van der Waals surface area contributed by atoms with Crippen LogP contribution in [0.2, 0.25) is 0 Å². The standard InChI is InChI=1S/C12H19N3O/c1-2-12(16)15-11-6-4-10(5-7-11)14-9-3-8-13/h4-7,14H,2-3,8-9,13H2,1H3,(H,15,16). The molecule has 4 N–H and O–H groups in total. The zero-order valence-electron chi connectivity index (χ0n) is 9.62. The van der Waals surface area contributed by atoms with Crippen LogP contribution in [0.5, 0.6) is 0 Å². The van der Waals surface area contributed by atoms with Gasteiger partial charge in [0.05, 0.1) is 0 Å². The van der Waals surface area contributed by atoms with Gasteiger partial charge in [-0.15, -0.1) is 0 Å². The number of amides is 1. The Morgan fingerprint density at radius 3 is 2.44 bits per heavy atom. The summed E-state index contributed by atoms with van der Waals surface area (Å²) in [6, 6.07) is 7.67. The van der Waals surface area contributed by atoms with Crippen molar-refractivity contribution in [3.05, 3.63) is 24.3 Å². The lowest BCUT2D eigenvalue weighted by Gasteiger charge is -2.07. The first-order valence-electron chi connectivity index (χ1n) is 5.60. The highest BCUT2D eigenvalue weighted by molar-refractivity contribution is 5.90. The van der Waals surface area contributed by atoms with Gasteiger partial charge in [-0.05, 0) is 37.2 Å². The van der Waals surface area contributed by atoms with Crippen LogP contribution in [0.1, 0.15) is 19.8 Å². The van der Waals surface area contributed by atoms with Crippen molar-refractivity contribution in [1.82, 2.24) is 0 Å². The predicted molar refractivity (Wildman–Crippen MR) is 67.5 cm³/mol. The van der Waals surface area contributed by atoms with Gasteiger partial charge in [-0.3, -0.25) is 4.79 Å². The predicted octanol–water partition coefficient (Wildman–Crippen LogP) is 1.80. The van der Waals surface area contributed by atoms with Gasteiger partial charge in [0.15, 0.2) is 0 Å². The molecular formula is C12H19N3O. The first kappa shape index (κ1) is 12.5. The van der Waals surface area contributed by atoms with E-state index in [9.17, 15) is 4.79 Å². The van der Waals surface area contributed by atoms with Crippen molar-refractivity contribution in [3.8, 4) is 0 Å². The summed E-state index contributed by atoms with van der Waals surface area (Å²) in [5, 5.41) is 6.05. The Balaban J connectivity index is 2.44. The molecule has 0 atom stereocenters. The molecule has 4 heteroatoms. The SMILES string of the molecule is CCC(=O)Nc1ccc(NCCCN)cc1. The molecule has 0 aliphatic carbocycles. The van der Waals surface area contributed by atoms with Gasteiger partial charge in [0.2, 0.25) is 5.91 Å². The van der Waals surface area contributed by atoms with Crippen LogP contribution in [0, 0.1) is 0 Å². The molecule has 16 heavy (non-hydrogen) atoms. The summed E-state index contributed by atoms with van der Waals surface area (Å²) in [6.07, 6.45) is 1.45. The smallest absolute Gasteiger partial charge is 0.224 e. The molecule has 0 saturated heterocycles. The average molecular weight is 221 g/mol. The van der Waals surface area contributed by atoms with E-state index in [1.807, 2.05) is 31.2 Å². The fourth-order valence-electron chi connectivity index (χ4n) is 1.26. The zero-order valence-corrected chi connectivity index (χ0v) is 9.62. The number of carbonyl (C=O) groups is 1. The lowest BCUT2D eigenvalue weighted by Crippen LogP contribution is -2.10. The highest BCUT2D eigenvalue weighted by atomic mass is 16.1. The van der Waals surface area contributed by atoms with Gasteiger partial charge in [-0.2, -0.15) is 0 Å². The number of hydrogen-bond acceptors (Lipinski definition) is 3. The minimum Gasteiger partial charge on any atom is -0.385 e. The molecule has 1 aromatic carbocycles. The van der Waals surface area contributed by atoms with Crippen molar-refractivity contribution in [2.75, 3.05) is 23.7 Å². The van der Waals surface area contributed by atoms with Crippen LogP contribution >= 0.6 is 0 Å². The van der Waals surface area contributed by atoms with Gasteiger partial charge in [0.25, 0.3) is 0 Å². The van der Waals surface area contributed by atoms with Gasteiger partial charge in [-0.1, -0.05) is 6.92 Å². The first-order chi connectivity index (χ1) is 7.76. The molecule has 0 radical (unpaired) electrons. The minimum absolute atomic E-state index is 0.0313. The van der Waals surface area contributed by atoms with Gasteiger partial charge < -0.3 is 16.4 Å². The van der Waals surface area contributed by atoms with Crippen LogP contribution in [-0.2, 0) is 4.79 Å². The molecule has 0 heterocycles. The van der Waals surface area contributed by atoms with Crippen molar-refractivity contribution in [2.24, 2.45) is 5.73 Å². The van der Waals surface area contributed by atoms with E-state index in [4.69, 9.17) is 5.73 Å². The first-order valence-corrected chi connectivity index (χ1v) is 5.60. The molecule has 1 amide bonds. The molecule has 1 aromatic rings. The van der Waals surface area contributed by atoms with Gasteiger partial charge in [0.1, 0.15) is 0 Å². The van der Waals surface area contributed by atoms with E-state index in [0.29, 0.717) is 13.0 Å². The normalized spacial score (nSPS) is 9.88. The van der Waals surface area contributed by atoms with E-state index < -0.39 is 0 Å². The molecule has 0 aliphatic heterocycles. The quantitative estimate of drug-likeness (QED) is 0.642. The van der Waals surface area contributed by atoms with Gasteiger partial charge in [0, 0.05) is 24.3 Å². The third-order valence-corrected chi connectivity index (χ3v) is 2.20. The Kier molecular flexibility index (Phi) is 5.36. The summed E-state index contributed by atoms with van der Waals surface area (Å²) in [5.74, 6) is 0.0313. The van der Waals surface area contributed by atoms with Crippen LogP contribution in [-0.4, -0.2) is 19.0 Å². The molecule has 0 aromatic heterocycles. The van der Waals surface area contributed by atoms with Crippen LogP contribution in [0.4, 0.5) is 11.4 Å². The monoisotopic (exact) mass is 221 g/mol. The van der Waals surface area contributed by atoms with Crippen LogP contribution in [0.15, 0.2) is 24.3 Å². The van der Waals surface area contributed by atoms with Crippen molar-refractivity contribution in [2.45, 2.75) is 19.8 Å². The van der Waals surface area contributed by atoms with E-state index in [1.54, 1.807) is 0 Å². The lowest BCUT2D eigenvalue weighted by molar-refractivity contribution is -0.115. The number of rotatable bonds is 6. The summed E-state index contributed by atoms with van der Waals surface area (Å²) in [5.41, 5.74) is 7.27.